The molecule has 0 aliphatic carbocycles. The molecular formula is C30H64S4. The van der Waals surface area contributed by atoms with Gasteiger partial charge in [-0.2, -0.15) is 0 Å². The van der Waals surface area contributed by atoms with Crippen LogP contribution in [0.25, 0.3) is 0 Å². The van der Waals surface area contributed by atoms with Crippen LogP contribution in [0.2, 0.25) is 0 Å². The molecule has 0 spiro atoms. The van der Waals surface area contributed by atoms with Gasteiger partial charge in [0.15, 0.2) is 0 Å². The molecular weight excluding hydrogens is 489 g/mol. The third kappa shape index (κ3) is 10.6. The van der Waals surface area contributed by atoms with Gasteiger partial charge in [0.25, 0.3) is 0 Å². The van der Waals surface area contributed by atoms with Crippen LogP contribution in [0.4, 0.5) is 0 Å². The first-order chi connectivity index (χ1) is 15.4. The molecule has 0 heterocycles. The molecule has 34 heavy (non-hydrogen) atoms. The highest BCUT2D eigenvalue weighted by Gasteiger charge is 2.44. The molecule has 0 fully saturated rings. The predicted octanol–water partition coefficient (Wildman–Crippen LogP) is 13.1. The van der Waals surface area contributed by atoms with Gasteiger partial charge < -0.3 is 0 Å². The summed E-state index contributed by atoms with van der Waals surface area (Å²) in [6, 6.07) is 0. The molecule has 0 aromatic carbocycles. The lowest BCUT2D eigenvalue weighted by molar-refractivity contribution is 0.227. The van der Waals surface area contributed by atoms with Crippen LogP contribution < -0.4 is 0 Å². The van der Waals surface area contributed by atoms with Crippen LogP contribution in [0.15, 0.2) is 0 Å². The van der Waals surface area contributed by atoms with Crippen molar-refractivity contribution < 1.29 is 0 Å². The highest BCUT2D eigenvalue weighted by Crippen LogP contribution is 2.58. The number of hydrogen-bond donors (Lipinski definition) is 0. The number of rotatable bonds is 16. The van der Waals surface area contributed by atoms with Gasteiger partial charge in [-0.3, -0.25) is 0 Å². The molecule has 0 aliphatic heterocycles. The maximum absolute atomic E-state index is 2.45. The topological polar surface area (TPSA) is 0 Å². The van der Waals surface area contributed by atoms with Gasteiger partial charge in [0.2, 0.25) is 0 Å². The van der Waals surface area contributed by atoms with Crippen LogP contribution in [-0.4, -0.2) is 19.0 Å². The van der Waals surface area contributed by atoms with Crippen molar-refractivity contribution in [1.29, 1.82) is 0 Å². The summed E-state index contributed by atoms with van der Waals surface area (Å²) in [5, 5.41) is 0. The van der Waals surface area contributed by atoms with Gasteiger partial charge >= 0.3 is 0 Å². The van der Waals surface area contributed by atoms with Crippen molar-refractivity contribution in [2.75, 3.05) is 0 Å². The highest BCUT2D eigenvalue weighted by molar-refractivity contribution is 8.78. The molecule has 0 radical (unpaired) electrons. The summed E-state index contributed by atoms with van der Waals surface area (Å²) in [5.74, 6) is 0. The predicted molar refractivity (Wildman–Crippen MR) is 174 cm³/mol. The Morgan fingerprint density at radius 3 is 0.676 bits per heavy atom. The van der Waals surface area contributed by atoms with Crippen LogP contribution in [0.3, 0.4) is 0 Å². The zero-order chi connectivity index (χ0) is 27.5. The van der Waals surface area contributed by atoms with E-state index in [0.717, 1.165) is 0 Å². The normalized spacial score (nSPS) is 14.1. The SMILES string of the molecule is CCC(C)(CC)C(C)(C)SSC(C)(C)C(C)(CC)CC.CCC(C)(CC)SSC(C)(CC)CC. The number of hydrogen-bond acceptors (Lipinski definition) is 4. The lowest BCUT2D eigenvalue weighted by Crippen LogP contribution is -2.40. The molecule has 4 heteroatoms. The van der Waals surface area contributed by atoms with Crippen molar-refractivity contribution in [2.45, 2.75) is 181 Å². The fourth-order valence-electron chi connectivity index (χ4n) is 3.55. The maximum Gasteiger partial charge on any atom is 0.0260 e. The Kier molecular flexibility index (Phi) is 17.4. The van der Waals surface area contributed by atoms with E-state index in [0.29, 0.717) is 29.8 Å². The van der Waals surface area contributed by atoms with Crippen molar-refractivity contribution in [3.63, 3.8) is 0 Å². The first-order valence-electron chi connectivity index (χ1n) is 14.1. The van der Waals surface area contributed by atoms with E-state index in [1.807, 2.05) is 0 Å². The zero-order valence-corrected chi connectivity index (χ0v) is 29.6. The van der Waals surface area contributed by atoms with Crippen LogP contribution in [-0.2, 0) is 0 Å². The van der Waals surface area contributed by atoms with Crippen molar-refractivity contribution in [3.05, 3.63) is 0 Å². The molecule has 0 aromatic heterocycles. The van der Waals surface area contributed by atoms with E-state index in [2.05, 4.69) is 154 Å². The van der Waals surface area contributed by atoms with Crippen LogP contribution >= 0.6 is 43.2 Å². The van der Waals surface area contributed by atoms with E-state index in [1.54, 1.807) is 0 Å². The van der Waals surface area contributed by atoms with E-state index >= 15 is 0 Å². The standard InChI is InChI=1S/C18H38S2.C12H26S2/c1-11-17(9,12-2)15(5,6)19-20-16(7,8)18(10,13-3)14-4;1-7-11(5,8-2)13-14-12(6,9-3)10-4/h11-14H2,1-10H3;7-10H2,1-6H3. The van der Waals surface area contributed by atoms with E-state index in [4.69, 9.17) is 0 Å². The van der Waals surface area contributed by atoms with Crippen molar-refractivity contribution in [1.82, 2.24) is 0 Å². The van der Waals surface area contributed by atoms with Gasteiger partial charge in [0, 0.05) is 19.0 Å². The largest absolute Gasteiger partial charge is 0.0871 e. The smallest absolute Gasteiger partial charge is 0.0260 e. The Morgan fingerprint density at radius 1 is 0.324 bits per heavy atom. The third-order valence-electron chi connectivity index (χ3n) is 9.92. The van der Waals surface area contributed by atoms with Gasteiger partial charge in [-0.25, -0.2) is 0 Å². The Morgan fingerprint density at radius 2 is 0.529 bits per heavy atom. The maximum atomic E-state index is 2.45. The highest BCUT2D eigenvalue weighted by atomic mass is 33.1. The summed E-state index contributed by atoms with van der Waals surface area (Å²) in [4.78, 5) is 0. The first-order valence-corrected chi connectivity index (χ1v) is 18.4. The minimum absolute atomic E-state index is 0.306. The molecule has 0 amide bonds. The van der Waals surface area contributed by atoms with Gasteiger partial charge in [0.05, 0.1) is 0 Å². The molecule has 0 aliphatic rings. The van der Waals surface area contributed by atoms with Crippen molar-refractivity contribution in [3.8, 4) is 0 Å². The Hall–Kier alpha value is 1.40. The average molecular weight is 553 g/mol. The monoisotopic (exact) mass is 552 g/mol. The zero-order valence-electron chi connectivity index (χ0n) is 26.3. The minimum atomic E-state index is 0.306. The fraction of sp³-hybridized carbons (Fsp3) is 1.00. The molecule has 0 atom stereocenters. The third-order valence-corrected chi connectivity index (χ3v) is 19.3. The second-order valence-electron chi connectivity index (χ2n) is 12.2. The van der Waals surface area contributed by atoms with E-state index in [9.17, 15) is 0 Å². The summed E-state index contributed by atoms with van der Waals surface area (Å²) in [7, 11) is 8.43. The van der Waals surface area contributed by atoms with Crippen molar-refractivity contribution in [2.24, 2.45) is 10.8 Å². The summed E-state index contributed by atoms with van der Waals surface area (Å²) < 4.78 is 1.55. The molecule has 0 unspecified atom stereocenters. The van der Waals surface area contributed by atoms with E-state index in [-0.39, 0.29) is 0 Å². The lowest BCUT2D eigenvalue weighted by Gasteiger charge is -2.47. The average Bonchev–Trinajstić information content (AvgIpc) is 2.84. The van der Waals surface area contributed by atoms with Gasteiger partial charge in [-0.05, 0) is 104 Å². The molecule has 0 saturated heterocycles. The lowest BCUT2D eigenvalue weighted by atomic mass is 9.74. The second kappa shape index (κ2) is 15.7. The van der Waals surface area contributed by atoms with E-state index < -0.39 is 0 Å². The Labute approximate surface area is 234 Å². The fourth-order valence-corrected chi connectivity index (χ4v) is 10.9. The summed E-state index contributed by atoms with van der Waals surface area (Å²) in [5.41, 5.74) is 0.825. The molecule has 208 valence electrons. The Bertz CT molecular complexity index is 474. The van der Waals surface area contributed by atoms with Gasteiger partial charge in [-0.1, -0.05) is 112 Å². The molecule has 0 aromatic rings. The Balaban J connectivity index is 0. The van der Waals surface area contributed by atoms with Crippen LogP contribution in [0.5, 0.6) is 0 Å². The quantitative estimate of drug-likeness (QED) is 0.174. The first kappa shape index (κ1) is 37.6. The van der Waals surface area contributed by atoms with Gasteiger partial charge in [0.1, 0.15) is 0 Å². The summed E-state index contributed by atoms with van der Waals surface area (Å²) in [6.45, 7) is 37.9. The van der Waals surface area contributed by atoms with Crippen LogP contribution in [0, 0.1) is 10.8 Å². The summed E-state index contributed by atoms with van der Waals surface area (Å²) in [6.07, 6.45) is 10.1. The summed E-state index contributed by atoms with van der Waals surface area (Å²) >= 11 is 0. The molecule has 0 rings (SSSR count). The molecule has 0 nitrogen and oxygen atoms in total. The van der Waals surface area contributed by atoms with Crippen molar-refractivity contribution >= 4 is 43.2 Å². The van der Waals surface area contributed by atoms with Crippen LogP contribution in [0.1, 0.15) is 162 Å². The van der Waals surface area contributed by atoms with Gasteiger partial charge in [-0.15, -0.1) is 0 Å². The molecule has 0 N–H and O–H groups in total. The molecule has 0 bridgehead atoms. The minimum Gasteiger partial charge on any atom is -0.0871 e. The van der Waals surface area contributed by atoms with E-state index in [1.165, 1.54) is 51.4 Å². The molecule has 0 saturated carbocycles. The second-order valence-corrected chi connectivity index (χ2v) is 18.9.